The maximum atomic E-state index is 13.2. The number of pyridine rings is 1. The standard InChI is InChI=1S/C21H20FN7/c1-14(15-3-5-18(22)6-4-15)26-19-9-16(17-11-25-29(2)13-17)10-20(27-19)28-21-12-23-7-8-24-21/h3-14H,1-2H3,(H2,24,26,27,28). The van der Waals surface area contributed by atoms with Crippen molar-refractivity contribution in [2.75, 3.05) is 10.6 Å². The molecule has 0 bridgehead atoms. The first-order valence-corrected chi connectivity index (χ1v) is 9.13. The molecular formula is C21H20FN7. The molecule has 3 aromatic heterocycles. The number of nitrogens with zero attached hydrogens (tertiary/aromatic N) is 5. The van der Waals surface area contributed by atoms with Gasteiger partial charge in [0.2, 0.25) is 0 Å². The lowest BCUT2D eigenvalue weighted by molar-refractivity contribution is 0.626. The van der Waals surface area contributed by atoms with Crippen LogP contribution in [0.4, 0.5) is 21.8 Å². The molecule has 1 aromatic carbocycles. The minimum Gasteiger partial charge on any atom is -0.363 e. The van der Waals surface area contributed by atoms with E-state index in [2.05, 4.69) is 30.7 Å². The van der Waals surface area contributed by atoms with E-state index >= 15 is 0 Å². The third-order valence-electron chi connectivity index (χ3n) is 4.42. The second-order valence-electron chi connectivity index (χ2n) is 6.66. The Balaban J connectivity index is 1.66. The molecule has 1 unspecified atom stereocenters. The molecule has 0 aliphatic carbocycles. The van der Waals surface area contributed by atoms with Crippen LogP contribution in [-0.2, 0) is 7.05 Å². The molecule has 146 valence electrons. The fraction of sp³-hybridized carbons (Fsp3) is 0.143. The van der Waals surface area contributed by atoms with Crippen molar-refractivity contribution in [1.82, 2.24) is 24.7 Å². The van der Waals surface area contributed by atoms with Gasteiger partial charge in [0.1, 0.15) is 23.3 Å². The van der Waals surface area contributed by atoms with Gasteiger partial charge >= 0.3 is 0 Å². The lowest BCUT2D eigenvalue weighted by Gasteiger charge is -2.17. The van der Waals surface area contributed by atoms with Gasteiger partial charge in [-0.25, -0.2) is 14.4 Å². The van der Waals surface area contributed by atoms with Gasteiger partial charge in [-0.05, 0) is 42.3 Å². The smallest absolute Gasteiger partial charge is 0.150 e. The van der Waals surface area contributed by atoms with Gasteiger partial charge < -0.3 is 10.6 Å². The highest BCUT2D eigenvalue weighted by Crippen LogP contribution is 2.28. The van der Waals surface area contributed by atoms with Crippen LogP contribution in [0.2, 0.25) is 0 Å². The number of benzene rings is 1. The summed E-state index contributed by atoms with van der Waals surface area (Å²) in [7, 11) is 1.87. The predicted octanol–water partition coefficient (Wildman–Crippen LogP) is 4.33. The highest BCUT2D eigenvalue weighted by molar-refractivity contribution is 5.71. The van der Waals surface area contributed by atoms with Crippen LogP contribution in [0.15, 0.2) is 67.4 Å². The Bertz CT molecular complexity index is 1090. The second kappa shape index (κ2) is 8.05. The molecular weight excluding hydrogens is 369 g/mol. The molecule has 1 atom stereocenters. The number of halogens is 1. The van der Waals surface area contributed by atoms with Crippen LogP contribution in [0, 0.1) is 5.82 Å². The zero-order valence-electron chi connectivity index (χ0n) is 16.0. The number of hydrogen-bond donors (Lipinski definition) is 2. The topological polar surface area (TPSA) is 80.5 Å². The molecule has 0 saturated carbocycles. The fourth-order valence-electron chi connectivity index (χ4n) is 2.96. The predicted molar refractivity (Wildman–Crippen MR) is 110 cm³/mol. The van der Waals surface area contributed by atoms with Crippen molar-refractivity contribution in [1.29, 1.82) is 0 Å². The summed E-state index contributed by atoms with van der Waals surface area (Å²) in [6.07, 6.45) is 8.60. The average Bonchev–Trinajstić information content (AvgIpc) is 3.15. The molecule has 4 aromatic rings. The fourth-order valence-corrected chi connectivity index (χ4v) is 2.96. The Morgan fingerprint density at radius 1 is 0.966 bits per heavy atom. The molecule has 0 saturated heterocycles. The van der Waals surface area contributed by atoms with Crippen molar-refractivity contribution in [3.05, 3.63) is 78.8 Å². The highest BCUT2D eigenvalue weighted by atomic mass is 19.1. The molecule has 0 aliphatic rings. The van der Waals surface area contributed by atoms with E-state index in [1.807, 2.05) is 32.3 Å². The van der Waals surface area contributed by atoms with E-state index in [0.717, 1.165) is 16.7 Å². The molecule has 29 heavy (non-hydrogen) atoms. The van der Waals surface area contributed by atoms with Crippen LogP contribution in [0.1, 0.15) is 18.5 Å². The Labute approximate surface area is 167 Å². The minimum atomic E-state index is -0.256. The Morgan fingerprint density at radius 3 is 2.45 bits per heavy atom. The number of aromatic nitrogens is 5. The lowest BCUT2D eigenvalue weighted by Crippen LogP contribution is -2.09. The number of nitrogens with one attached hydrogen (secondary N) is 2. The maximum absolute atomic E-state index is 13.2. The summed E-state index contributed by atoms with van der Waals surface area (Å²) in [5, 5.41) is 10.8. The SMILES string of the molecule is CC(Nc1cc(-c2cnn(C)c2)cc(Nc2cnccn2)n1)c1ccc(F)cc1. The Morgan fingerprint density at radius 2 is 1.76 bits per heavy atom. The van der Waals surface area contributed by atoms with Crippen LogP contribution in [0.5, 0.6) is 0 Å². The highest BCUT2D eigenvalue weighted by Gasteiger charge is 2.11. The maximum Gasteiger partial charge on any atom is 0.150 e. The first kappa shape index (κ1) is 18.5. The van der Waals surface area contributed by atoms with Crippen LogP contribution >= 0.6 is 0 Å². The summed E-state index contributed by atoms with van der Waals surface area (Å²) in [5.41, 5.74) is 2.88. The summed E-state index contributed by atoms with van der Waals surface area (Å²) in [4.78, 5) is 13.0. The summed E-state index contributed by atoms with van der Waals surface area (Å²) in [5.74, 6) is 1.64. The van der Waals surface area contributed by atoms with Crippen molar-refractivity contribution in [3.8, 4) is 11.1 Å². The largest absolute Gasteiger partial charge is 0.363 e. The minimum absolute atomic E-state index is 0.0587. The molecule has 3 heterocycles. The van der Waals surface area contributed by atoms with Gasteiger partial charge in [-0.15, -0.1) is 0 Å². The van der Waals surface area contributed by atoms with Gasteiger partial charge in [-0.2, -0.15) is 5.10 Å². The van der Waals surface area contributed by atoms with Gasteiger partial charge in [-0.3, -0.25) is 9.67 Å². The van der Waals surface area contributed by atoms with E-state index in [4.69, 9.17) is 0 Å². The third kappa shape index (κ3) is 4.55. The van der Waals surface area contributed by atoms with Crippen molar-refractivity contribution >= 4 is 17.5 Å². The second-order valence-corrected chi connectivity index (χ2v) is 6.66. The van der Waals surface area contributed by atoms with Gasteiger partial charge in [0, 0.05) is 37.2 Å². The summed E-state index contributed by atoms with van der Waals surface area (Å²) in [6.45, 7) is 2.00. The van der Waals surface area contributed by atoms with E-state index in [0.29, 0.717) is 17.5 Å². The molecule has 4 rings (SSSR count). The van der Waals surface area contributed by atoms with Crippen LogP contribution < -0.4 is 10.6 Å². The summed E-state index contributed by atoms with van der Waals surface area (Å²) in [6, 6.07) is 10.3. The van der Waals surface area contributed by atoms with Crippen LogP contribution in [0.3, 0.4) is 0 Å². The van der Waals surface area contributed by atoms with E-state index in [1.54, 1.807) is 41.6 Å². The number of hydrogen-bond acceptors (Lipinski definition) is 6. The van der Waals surface area contributed by atoms with Gasteiger partial charge in [0.15, 0.2) is 0 Å². The molecule has 0 radical (unpaired) electrons. The normalized spacial score (nSPS) is 11.8. The van der Waals surface area contributed by atoms with Crippen LogP contribution in [0.25, 0.3) is 11.1 Å². The van der Waals surface area contributed by atoms with Crippen molar-refractivity contribution < 1.29 is 4.39 Å². The molecule has 7 nitrogen and oxygen atoms in total. The molecule has 0 spiro atoms. The Hall–Kier alpha value is -3.81. The van der Waals surface area contributed by atoms with Gasteiger partial charge in [-0.1, -0.05) is 12.1 Å². The number of rotatable bonds is 6. The summed E-state index contributed by atoms with van der Waals surface area (Å²) < 4.78 is 15.0. The Kier molecular flexibility index (Phi) is 5.15. The summed E-state index contributed by atoms with van der Waals surface area (Å²) >= 11 is 0. The molecule has 0 aliphatic heterocycles. The van der Waals surface area contributed by atoms with Crippen molar-refractivity contribution in [2.24, 2.45) is 7.05 Å². The van der Waals surface area contributed by atoms with Crippen molar-refractivity contribution in [2.45, 2.75) is 13.0 Å². The first-order chi connectivity index (χ1) is 14.1. The molecule has 0 amide bonds. The zero-order chi connectivity index (χ0) is 20.2. The van der Waals surface area contributed by atoms with Gasteiger partial charge in [0.05, 0.1) is 12.4 Å². The van der Waals surface area contributed by atoms with Crippen LogP contribution in [-0.4, -0.2) is 24.7 Å². The van der Waals surface area contributed by atoms with Crippen molar-refractivity contribution in [3.63, 3.8) is 0 Å². The van der Waals surface area contributed by atoms with E-state index in [1.165, 1.54) is 12.1 Å². The lowest BCUT2D eigenvalue weighted by atomic mass is 10.1. The first-order valence-electron chi connectivity index (χ1n) is 9.13. The van der Waals surface area contributed by atoms with E-state index in [-0.39, 0.29) is 11.9 Å². The third-order valence-corrected chi connectivity index (χ3v) is 4.42. The monoisotopic (exact) mass is 389 g/mol. The van der Waals surface area contributed by atoms with E-state index < -0.39 is 0 Å². The molecule has 2 N–H and O–H groups in total. The zero-order valence-corrected chi connectivity index (χ0v) is 16.0. The van der Waals surface area contributed by atoms with E-state index in [9.17, 15) is 4.39 Å². The molecule has 8 heteroatoms. The molecule has 0 fully saturated rings. The number of anilines is 3. The van der Waals surface area contributed by atoms with Gasteiger partial charge in [0.25, 0.3) is 0 Å². The number of aryl methyl sites for hydroxylation is 1. The average molecular weight is 389 g/mol. The quantitative estimate of drug-likeness (QED) is 0.511.